The Morgan fingerprint density at radius 3 is 1.86 bits per heavy atom. The smallest absolute Gasteiger partial charge is 0.311 e. The van der Waals surface area contributed by atoms with Gasteiger partial charge >= 0.3 is 11.9 Å². The van der Waals surface area contributed by atoms with Gasteiger partial charge in [0.15, 0.2) is 12.1 Å². The van der Waals surface area contributed by atoms with E-state index in [1.165, 1.54) is 6.08 Å². The Bertz CT molecular complexity index is 1630. The van der Waals surface area contributed by atoms with E-state index in [4.69, 9.17) is 24.7 Å². The number of hydrogen-bond acceptors (Lipinski definition) is 17. The molecule has 0 spiro atoms. The maximum Gasteiger partial charge on any atom is 0.311 e. The van der Waals surface area contributed by atoms with Gasteiger partial charge < -0.3 is 80.9 Å². The summed E-state index contributed by atoms with van der Waals surface area (Å²) in [6, 6.07) is -1.13. The van der Waals surface area contributed by atoms with Crippen molar-refractivity contribution in [2.45, 2.75) is 164 Å². The largest absolute Gasteiger partial charge is 0.481 e. The Kier molecular flexibility index (Phi) is 23.4. The van der Waals surface area contributed by atoms with Crippen molar-refractivity contribution in [1.29, 1.82) is 0 Å². The number of fused-ring (bicyclic) bond motifs is 2. The lowest BCUT2D eigenvalue weighted by Gasteiger charge is -2.45. The first-order valence-corrected chi connectivity index (χ1v) is 21.9. The van der Waals surface area contributed by atoms with Gasteiger partial charge in [-0.25, -0.2) is 0 Å². The van der Waals surface area contributed by atoms with E-state index in [2.05, 4.69) is 0 Å². The molecule has 0 aromatic carbocycles. The molecule has 362 valence electrons. The predicted molar refractivity (Wildman–Crippen MR) is 232 cm³/mol. The van der Waals surface area contributed by atoms with E-state index in [0.717, 1.165) is 0 Å². The topological polar surface area (TPSA) is 320 Å². The van der Waals surface area contributed by atoms with Crippen molar-refractivity contribution < 1.29 is 84.7 Å². The number of carbonyl (C=O) groups excluding carboxylic acids is 1. The summed E-state index contributed by atoms with van der Waals surface area (Å²) in [5.41, 5.74) is 5.93. The Hall–Kier alpha value is -3.44. The number of nitrogens with two attached hydrogens (primary N) is 1. The summed E-state index contributed by atoms with van der Waals surface area (Å²) >= 11 is 0. The molecule has 0 radical (unpaired) electrons. The van der Waals surface area contributed by atoms with Gasteiger partial charge in [0.05, 0.1) is 80.1 Å². The number of aliphatic hydroxyl groups is 10. The van der Waals surface area contributed by atoms with Crippen LogP contribution in [-0.2, 0) is 28.5 Å². The number of ether oxygens (including phenoxy) is 4. The summed E-state index contributed by atoms with van der Waals surface area (Å²) in [6.07, 6.45) is 4.41. The number of cyclic esters (lactones) is 1. The van der Waals surface area contributed by atoms with Crippen molar-refractivity contribution in [3.05, 3.63) is 85.1 Å². The SMILES string of the molecule is CC1C=CC=CC=CC=CC=CC=CC=CC(OC2OCC(O)C(N)C2O)CC2OC(O)(CC(O)CC(O)C(O)CCC(O)CC(O)CC(=O)OC(C)C(C)C1O)CC(O)C2C(=O)O. The Balaban J connectivity index is 1.84. The van der Waals surface area contributed by atoms with E-state index in [1.54, 1.807) is 80.7 Å². The van der Waals surface area contributed by atoms with Crippen molar-refractivity contribution in [1.82, 2.24) is 0 Å². The summed E-state index contributed by atoms with van der Waals surface area (Å²) < 4.78 is 22.8. The molecule has 18 unspecified atom stereocenters. The van der Waals surface area contributed by atoms with Gasteiger partial charge in [0.2, 0.25) is 0 Å². The molecule has 0 saturated carbocycles. The second-order valence-corrected chi connectivity index (χ2v) is 17.1. The number of esters is 1. The number of aliphatic carboxylic acids is 1. The first kappa shape index (κ1) is 54.9. The van der Waals surface area contributed by atoms with E-state index in [-0.39, 0.29) is 38.2 Å². The van der Waals surface area contributed by atoms with E-state index < -0.39 is 141 Å². The van der Waals surface area contributed by atoms with Crippen LogP contribution in [0.4, 0.5) is 0 Å². The molecular weight excluding hydrogens is 838 g/mol. The van der Waals surface area contributed by atoms with Crippen LogP contribution in [0.15, 0.2) is 85.1 Å². The van der Waals surface area contributed by atoms with Crippen LogP contribution in [0.3, 0.4) is 0 Å². The lowest BCUT2D eigenvalue weighted by atomic mass is 9.82. The third-order valence-corrected chi connectivity index (χ3v) is 11.7. The molecule has 3 aliphatic heterocycles. The summed E-state index contributed by atoms with van der Waals surface area (Å²) in [4.78, 5) is 25.0. The molecule has 3 rings (SSSR count). The quantitative estimate of drug-likeness (QED) is 0.170. The Morgan fingerprint density at radius 1 is 0.688 bits per heavy atom. The fraction of sp³-hybridized carbons (Fsp3) is 0.652. The van der Waals surface area contributed by atoms with E-state index in [9.17, 15) is 65.8 Å². The molecule has 0 amide bonds. The van der Waals surface area contributed by atoms with E-state index in [0.29, 0.717) is 0 Å². The van der Waals surface area contributed by atoms with Crippen molar-refractivity contribution in [3.8, 4) is 0 Å². The molecule has 18 atom stereocenters. The molecule has 3 aliphatic rings. The third kappa shape index (κ3) is 18.4. The zero-order valence-electron chi connectivity index (χ0n) is 36.7. The number of carboxylic acids is 1. The first-order chi connectivity index (χ1) is 30.2. The standard InChI is InChI=1S/C46H71NO17/c1-27-16-14-12-10-8-6-4-5-7-9-11-13-15-17-33(63-45-43(57)41(47)37(54)26-61-45)23-38-40(44(58)59)36(53)25-46(60,64-38)24-32(50)21-35(52)34(51)19-18-30(48)20-31(49)22-39(55)62-29(3)28(2)42(27)56/h4-17,27-38,40-43,45,48-54,56-57,60H,18-26,47H2,1-3H3,(H,58,59). The average molecular weight is 910 g/mol. The van der Waals surface area contributed by atoms with Gasteiger partial charge in [-0.1, -0.05) is 98.9 Å². The highest BCUT2D eigenvalue weighted by Gasteiger charge is 2.50. The predicted octanol–water partition coefficient (Wildman–Crippen LogP) is 0.323. The van der Waals surface area contributed by atoms with E-state index >= 15 is 0 Å². The minimum Gasteiger partial charge on any atom is -0.481 e. The van der Waals surface area contributed by atoms with Crippen molar-refractivity contribution in [2.75, 3.05) is 6.61 Å². The maximum atomic E-state index is 12.6. The van der Waals surface area contributed by atoms with Gasteiger partial charge in [-0.2, -0.15) is 0 Å². The van der Waals surface area contributed by atoms with E-state index in [1.807, 2.05) is 19.1 Å². The van der Waals surface area contributed by atoms with Gasteiger partial charge in [0.25, 0.3) is 0 Å². The molecule has 2 bridgehead atoms. The number of carboxylic acid groups (broad SMARTS) is 1. The average Bonchev–Trinajstić information content (AvgIpc) is 3.21. The van der Waals surface area contributed by atoms with Crippen LogP contribution in [0.5, 0.6) is 0 Å². The molecule has 64 heavy (non-hydrogen) atoms. The highest BCUT2D eigenvalue weighted by atomic mass is 16.7. The molecule has 13 N–H and O–H groups in total. The van der Waals surface area contributed by atoms with Gasteiger partial charge in [0.1, 0.15) is 18.1 Å². The number of carbonyl (C=O) groups is 2. The van der Waals surface area contributed by atoms with Crippen LogP contribution in [0.25, 0.3) is 0 Å². The molecule has 2 saturated heterocycles. The van der Waals surface area contributed by atoms with Gasteiger partial charge in [-0.3, -0.25) is 9.59 Å². The zero-order valence-corrected chi connectivity index (χ0v) is 36.7. The van der Waals surface area contributed by atoms with Crippen LogP contribution in [0.1, 0.15) is 72.1 Å². The molecule has 0 aromatic rings. The van der Waals surface area contributed by atoms with Crippen molar-refractivity contribution >= 4 is 11.9 Å². The highest BCUT2D eigenvalue weighted by Crippen LogP contribution is 2.38. The Morgan fingerprint density at radius 2 is 1.27 bits per heavy atom. The number of allylic oxidation sites excluding steroid dienone is 12. The molecule has 3 heterocycles. The van der Waals surface area contributed by atoms with Gasteiger partial charge in [-0.05, 0) is 26.2 Å². The minimum atomic E-state index is -2.32. The lowest BCUT2D eigenvalue weighted by Crippen LogP contribution is -2.59. The van der Waals surface area contributed by atoms with Crippen LogP contribution < -0.4 is 5.73 Å². The summed E-state index contributed by atoms with van der Waals surface area (Å²) in [5.74, 6) is -6.81. The molecule has 0 aromatic heterocycles. The summed E-state index contributed by atoms with van der Waals surface area (Å²) in [7, 11) is 0. The fourth-order valence-corrected chi connectivity index (χ4v) is 7.72. The van der Waals surface area contributed by atoms with Crippen molar-refractivity contribution in [3.63, 3.8) is 0 Å². The minimum absolute atomic E-state index is 0.106. The monoisotopic (exact) mass is 909 g/mol. The van der Waals surface area contributed by atoms with Gasteiger partial charge in [-0.15, -0.1) is 0 Å². The number of rotatable bonds is 3. The number of aliphatic hydroxyl groups excluding tert-OH is 9. The third-order valence-electron chi connectivity index (χ3n) is 11.7. The normalized spacial score (nSPS) is 41.3. The molecule has 18 heteroatoms. The second kappa shape index (κ2) is 27.3. The molecule has 0 aliphatic carbocycles. The first-order valence-electron chi connectivity index (χ1n) is 21.9. The molecular formula is C46H71NO17. The van der Waals surface area contributed by atoms with Crippen LogP contribution in [0.2, 0.25) is 0 Å². The summed E-state index contributed by atoms with van der Waals surface area (Å²) in [5, 5.41) is 118. The zero-order chi connectivity index (χ0) is 47.6. The van der Waals surface area contributed by atoms with Gasteiger partial charge in [0, 0.05) is 37.5 Å². The maximum absolute atomic E-state index is 12.6. The summed E-state index contributed by atoms with van der Waals surface area (Å²) in [6.45, 7) is 4.95. The fourth-order valence-electron chi connectivity index (χ4n) is 7.72. The second-order valence-electron chi connectivity index (χ2n) is 17.1. The van der Waals surface area contributed by atoms with Crippen LogP contribution >= 0.6 is 0 Å². The molecule has 18 nitrogen and oxygen atoms in total. The van der Waals surface area contributed by atoms with Crippen LogP contribution in [0, 0.1) is 17.8 Å². The highest BCUT2D eigenvalue weighted by molar-refractivity contribution is 5.71. The molecule has 2 fully saturated rings. The Labute approximate surface area is 374 Å². The number of hydrogen-bond donors (Lipinski definition) is 12. The van der Waals surface area contributed by atoms with Crippen LogP contribution in [-0.4, -0.2) is 166 Å². The lowest BCUT2D eigenvalue weighted by molar-refractivity contribution is -0.305. The van der Waals surface area contributed by atoms with Crippen molar-refractivity contribution in [2.24, 2.45) is 23.5 Å².